The van der Waals surface area contributed by atoms with Crippen LogP contribution in [0.2, 0.25) is 0 Å². The highest BCUT2D eigenvalue weighted by Gasteiger charge is 2.44. The Morgan fingerprint density at radius 3 is 2.31 bits per heavy atom. The molecule has 2 aliphatic rings. The summed E-state index contributed by atoms with van der Waals surface area (Å²) in [5.41, 5.74) is 1.64. The quantitative estimate of drug-likeness (QED) is 0.717. The lowest BCUT2D eigenvalue weighted by Gasteiger charge is -2.47. The molecule has 16 heavy (non-hydrogen) atoms. The highest BCUT2D eigenvalue weighted by Crippen LogP contribution is 2.42. The van der Waals surface area contributed by atoms with E-state index in [2.05, 4.69) is 35.6 Å². The number of benzene rings is 1. The van der Waals surface area contributed by atoms with Crippen molar-refractivity contribution in [2.75, 3.05) is 0 Å². The predicted octanol–water partition coefficient (Wildman–Crippen LogP) is 2.60. The molecule has 1 spiro atoms. The average Bonchev–Trinajstić information content (AvgIpc) is 2.29. The van der Waals surface area contributed by atoms with E-state index < -0.39 is 0 Å². The molecule has 2 nitrogen and oxygen atoms in total. The molecule has 1 saturated carbocycles. The molecule has 1 aliphatic heterocycles. The van der Waals surface area contributed by atoms with E-state index in [9.17, 15) is 4.79 Å². The van der Waals surface area contributed by atoms with Gasteiger partial charge in [-0.25, -0.2) is 0 Å². The molecule has 1 N–H and O–H groups in total. The summed E-state index contributed by atoms with van der Waals surface area (Å²) in [6, 6.07) is 10.7. The van der Waals surface area contributed by atoms with E-state index >= 15 is 0 Å². The molecule has 0 atom stereocenters. The Morgan fingerprint density at radius 1 is 1.12 bits per heavy atom. The molecule has 1 aromatic carbocycles. The molecule has 1 aliphatic carbocycles. The first-order valence-corrected chi connectivity index (χ1v) is 6.13. The summed E-state index contributed by atoms with van der Waals surface area (Å²) in [4.78, 5) is 11.0. The minimum atomic E-state index is 0.183. The van der Waals surface area contributed by atoms with Crippen molar-refractivity contribution in [1.29, 1.82) is 0 Å². The van der Waals surface area contributed by atoms with Gasteiger partial charge in [0.25, 0.3) is 0 Å². The van der Waals surface area contributed by atoms with E-state index in [4.69, 9.17) is 0 Å². The first kappa shape index (κ1) is 9.88. The van der Waals surface area contributed by atoms with Crippen molar-refractivity contribution in [3.63, 3.8) is 0 Å². The van der Waals surface area contributed by atoms with Gasteiger partial charge in [0.1, 0.15) is 0 Å². The molecule has 1 amide bonds. The molecule has 1 aromatic rings. The van der Waals surface area contributed by atoms with Crippen molar-refractivity contribution in [2.24, 2.45) is 0 Å². The summed E-state index contributed by atoms with van der Waals surface area (Å²) < 4.78 is 0. The first-order valence-electron chi connectivity index (χ1n) is 6.13. The Kier molecular flexibility index (Phi) is 2.23. The van der Waals surface area contributed by atoms with Gasteiger partial charge in [0.05, 0.1) is 0 Å². The zero-order valence-corrected chi connectivity index (χ0v) is 9.41. The number of amides is 1. The molecule has 3 rings (SSSR count). The monoisotopic (exact) mass is 215 g/mol. The van der Waals surface area contributed by atoms with Crippen LogP contribution in [0.15, 0.2) is 30.3 Å². The van der Waals surface area contributed by atoms with Crippen LogP contribution in [0.3, 0.4) is 0 Å². The van der Waals surface area contributed by atoms with Crippen LogP contribution in [-0.2, 0) is 4.79 Å². The van der Waals surface area contributed by atoms with Gasteiger partial charge in [-0.15, -0.1) is 0 Å². The molecular weight excluding hydrogens is 198 g/mol. The fraction of sp³-hybridized carbons (Fsp3) is 0.500. The van der Waals surface area contributed by atoms with Crippen molar-refractivity contribution in [3.8, 4) is 0 Å². The van der Waals surface area contributed by atoms with Gasteiger partial charge < -0.3 is 5.32 Å². The number of carbonyl (C=O) groups is 1. The molecule has 84 valence electrons. The average molecular weight is 215 g/mol. The lowest BCUT2D eigenvalue weighted by atomic mass is 9.69. The van der Waals surface area contributed by atoms with Crippen molar-refractivity contribution >= 4 is 5.91 Å². The third-order valence-corrected chi connectivity index (χ3v) is 4.12. The molecule has 1 heterocycles. The van der Waals surface area contributed by atoms with Gasteiger partial charge in [-0.05, 0) is 37.2 Å². The number of nitrogens with one attached hydrogen (secondary N) is 1. The van der Waals surface area contributed by atoms with Gasteiger partial charge in [0, 0.05) is 12.0 Å². The van der Waals surface area contributed by atoms with Crippen LogP contribution in [0.5, 0.6) is 0 Å². The maximum absolute atomic E-state index is 11.0. The Balaban J connectivity index is 1.65. The fourth-order valence-electron chi connectivity index (χ4n) is 3.12. The van der Waals surface area contributed by atoms with E-state index in [1.54, 1.807) is 0 Å². The topological polar surface area (TPSA) is 29.1 Å². The normalized spacial score (nSPS) is 33.2. The Labute approximate surface area is 96.1 Å². The SMILES string of the molecule is O=C1CC2(CCC(c3ccccc3)CC2)N1. The van der Waals surface area contributed by atoms with Crippen LogP contribution in [0.4, 0.5) is 0 Å². The second-order valence-corrected chi connectivity index (χ2v) is 5.19. The molecule has 1 saturated heterocycles. The Morgan fingerprint density at radius 2 is 1.75 bits per heavy atom. The smallest absolute Gasteiger partial charge is 0.222 e. The standard InChI is InChI=1S/C14H17NO/c16-13-10-14(15-13)8-6-12(7-9-14)11-4-2-1-3-5-11/h1-5,12H,6-10H2,(H,15,16). The zero-order valence-electron chi connectivity index (χ0n) is 9.41. The van der Waals surface area contributed by atoms with Crippen LogP contribution in [-0.4, -0.2) is 11.4 Å². The summed E-state index contributed by atoms with van der Waals surface area (Å²) >= 11 is 0. The first-order chi connectivity index (χ1) is 7.77. The summed E-state index contributed by atoms with van der Waals surface area (Å²) in [5, 5.41) is 3.09. The highest BCUT2D eigenvalue weighted by atomic mass is 16.2. The third kappa shape index (κ3) is 1.62. The lowest BCUT2D eigenvalue weighted by molar-refractivity contribution is -0.134. The van der Waals surface area contributed by atoms with Gasteiger partial charge in [0.15, 0.2) is 0 Å². The van der Waals surface area contributed by atoms with Crippen LogP contribution in [0.25, 0.3) is 0 Å². The van der Waals surface area contributed by atoms with E-state index in [1.807, 2.05) is 0 Å². The molecule has 0 aromatic heterocycles. The van der Waals surface area contributed by atoms with Crippen LogP contribution in [0, 0.1) is 0 Å². The molecule has 0 radical (unpaired) electrons. The van der Waals surface area contributed by atoms with Crippen LogP contribution < -0.4 is 5.32 Å². The number of carbonyl (C=O) groups excluding carboxylic acids is 1. The highest BCUT2D eigenvalue weighted by molar-refractivity contribution is 5.84. The lowest BCUT2D eigenvalue weighted by Crippen LogP contribution is -2.62. The van der Waals surface area contributed by atoms with E-state index in [0.29, 0.717) is 5.92 Å². The fourth-order valence-corrected chi connectivity index (χ4v) is 3.12. The molecule has 0 unspecified atom stereocenters. The Hall–Kier alpha value is -1.31. The largest absolute Gasteiger partial charge is 0.350 e. The minimum absolute atomic E-state index is 0.183. The maximum atomic E-state index is 11.0. The van der Waals surface area contributed by atoms with Crippen LogP contribution in [0.1, 0.15) is 43.6 Å². The van der Waals surface area contributed by atoms with Crippen LogP contribution >= 0.6 is 0 Å². The summed E-state index contributed by atoms with van der Waals surface area (Å²) in [5.74, 6) is 0.933. The molecule has 2 fully saturated rings. The second-order valence-electron chi connectivity index (χ2n) is 5.19. The van der Waals surface area contributed by atoms with Gasteiger partial charge in [-0.1, -0.05) is 30.3 Å². The van der Waals surface area contributed by atoms with E-state index in [-0.39, 0.29) is 11.4 Å². The van der Waals surface area contributed by atoms with Crippen molar-refractivity contribution in [2.45, 2.75) is 43.6 Å². The molecular formula is C14H17NO. The van der Waals surface area contributed by atoms with Gasteiger partial charge in [-0.3, -0.25) is 4.79 Å². The van der Waals surface area contributed by atoms with Gasteiger partial charge in [-0.2, -0.15) is 0 Å². The summed E-state index contributed by atoms with van der Waals surface area (Å²) in [6.07, 6.45) is 5.49. The van der Waals surface area contributed by atoms with E-state index in [0.717, 1.165) is 19.3 Å². The summed E-state index contributed by atoms with van der Waals surface area (Å²) in [7, 11) is 0. The Bertz CT molecular complexity index is 380. The maximum Gasteiger partial charge on any atom is 0.222 e. The van der Waals surface area contributed by atoms with E-state index in [1.165, 1.54) is 18.4 Å². The molecule has 2 heteroatoms. The molecule has 0 bridgehead atoms. The van der Waals surface area contributed by atoms with Crippen molar-refractivity contribution in [3.05, 3.63) is 35.9 Å². The second kappa shape index (κ2) is 3.62. The number of hydrogen-bond donors (Lipinski definition) is 1. The summed E-state index contributed by atoms with van der Waals surface area (Å²) in [6.45, 7) is 0. The van der Waals surface area contributed by atoms with Crippen molar-refractivity contribution < 1.29 is 4.79 Å². The van der Waals surface area contributed by atoms with Gasteiger partial charge >= 0.3 is 0 Å². The number of rotatable bonds is 1. The van der Waals surface area contributed by atoms with Crippen molar-refractivity contribution in [1.82, 2.24) is 5.32 Å². The van der Waals surface area contributed by atoms with Gasteiger partial charge in [0.2, 0.25) is 5.91 Å². The number of hydrogen-bond acceptors (Lipinski definition) is 1. The number of β-lactam (4-membered cyclic amide) rings is 1. The third-order valence-electron chi connectivity index (χ3n) is 4.12. The zero-order chi connectivity index (χ0) is 11.0. The predicted molar refractivity (Wildman–Crippen MR) is 63.1 cm³/mol. The minimum Gasteiger partial charge on any atom is -0.350 e.